The van der Waals surface area contributed by atoms with E-state index in [1.54, 1.807) is 0 Å². The van der Waals surface area contributed by atoms with Crippen LogP contribution in [0.15, 0.2) is 0 Å². The Morgan fingerprint density at radius 2 is 2.19 bits per heavy atom. The first kappa shape index (κ1) is 15.7. The summed E-state index contributed by atoms with van der Waals surface area (Å²) in [6, 6.07) is -0.00358. The van der Waals surface area contributed by atoms with Crippen LogP contribution in [0.2, 0.25) is 0 Å². The van der Waals surface area contributed by atoms with Gasteiger partial charge in [0, 0.05) is 17.8 Å². The first-order valence-electron chi connectivity index (χ1n) is 5.06. The van der Waals surface area contributed by atoms with Crippen LogP contribution in [0.25, 0.3) is 0 Å². The summed E-state index contributed by atoms with van der Waals surface area (Å²) in [5.41, 5.74) is -1.54. The topological polar surface area (TPSA) is 78.8 Å². The third-order valence-electron chi connectivity index (χ3n) is 2.43. The van der Waals surface area contributed by atoms with E-state index in [4.69, 9.17) is 5.11 Å². The van der Waals surface area contributed by atoms with Gasteiger partial charge in [-0.05, 0) is 20.1 Å². The Bertz CT molecular complexity index is 219. The molecule has 3 N–H and O–H groups in total. The molecule has 0 aromatic carbocycles. The van der Waals surface area contributed by atoms with Crippen LogP contribution < -0.4 is 5.32 Å². The minimum atomic E-state index is -1.54. The highest BCUT2D eigenvalue weighted by molar-refractivity contribution is 7.99. The fourth-order valence-electron chi connectivity index (χ4n) is 1.22. The number of aliphatic hydroxyl groups excluding tert-OH is 1. The second-order valence-electron chi connectivity index (χ2n) is 3.89. The smallest absolute Gasteiger partial charge is 0.338 e. The maximum absolute atomic E-state index is 11.2. The maximum atomic E-state index is 11.2. The predicted octanol–water partition coefficient (Wildman–Crippen LogP) is -0.388. The molecule has 16 heavy (non-hydrogen) atoms. The van der Waals surface area contributed by atoms with Crippen LogP contribution in [0.3, 0.4) is 0 Å². The van der Waals surface area contributed by atoms with Crippen LogP contribution in [-0.4, -0.2) is 59.6 Å². The lowest BCUT2D eigenvalue weighted by Gasteiger charge is -2.26. The summed E-state index contributed by atoms with van der Waals surface area (Å²) in [5.74, 6) is -0.670. The zero-order valence-electron chi connectivity index (χ0n) is 10.2. The van der Waals surface area contributed by atoms with Crippen molar-refractivity contribution in [3.05, 3.63) is 0 Å². The summed E-state index contributed by atoms with van der Waals surface area (Å²) in [6.07, 6.45) is 1.90. The lowest BCUT2D eigenvalue weighted by atomic mass is 10.1. The number of carbonyl (C=O) groups excluding carboxylic acids is 1. The van der Waals surface area contributed by atoms with Gasteiger partial charge in [-0.3, -0.25) is 0 Å². The van der Waals surface area contributed by atoms with Crippen LogP contribution in [0, 0.1) is 0 Å². The second kappa shape index (κ2) is 7.11. The predicted molar refractivity (Wildman–Crippen MR) is 64.5 cm³/mol. The molecule has 0 aromatic heterocycles. The molecule has 0 rings (SSSR count). The first-order chi connectivity index (χ1) is 7.38. The Morgan fingerprint density at radius 1 is 1.62 bits per heavy atom. The molecular formula is C10H21NO4S. The van der Waals surface area contributed by atoms with Gasteiger partial charge in [-0.1, -0.05) is 0 Å². The number of nitrogens with one attached hydrogen (secondary N) is 1. The van der Waals surface area contributed by atoms with Gasteiger partial charge in [0.15, 0.2) is 5.60 Å². The number of methoxy groups -OCH3 is 1. The standard InChI is InChI=1S/C10H21NO4S/c1-7(8(5-12)16-4)11-6-10(2,14)9(13)15-3/h7-8,11-12,14H,5-6H2,1-4H3. The van der Waals surface area contributed by atoms with Gasteiger partial charge in [0.05, 0.1) is 13.7 Å². The lowest BCUT2D eigenvalue weighted by Crippen LogP contribution is -2.50. The number of carbonyl (C=O) groups is 1. The van der Waals surface area contributed by atoms with Crippen LogP contribution in [-0.2, 0) is 9.53 Å². The van der Waals surface area contributed by atoms with Crippen LogP contribution in [0.1, 0.15) is 13.8 Å². The average Bonchev–Trinajstić information content (AvgIpc) is 2.27. The monoisotopic (exact) mass is 251 g/mol. The number of esters is 1. The van der Waals surface area contributed by atoms with E-state index in [0.29, 0.717) is 0 Å². The molecule has 0 saturated carbocycles. The van der Waals surface area contributed by atoms with Gasteiger partial charge in [0.25, 0.3) is 0 Å². The average molecular weight is 251 g/mol. The summed E-state index contributed by atoms with van der Waals surface area (Å²) in [4.78, 5) is 11.2. The fraction of sp³-hybridized carbons (Fsp3) is 0.900. The van der Waals surface area contributed by atoms with Gasteiger partial charge in [0.2, 0.25) is 0 Å². The molecule has 0 fully saturated rings. The van der Waals surface area contributed by atoms with E-state index in [-0.39, 0.29) is 24.4 Å². The Morgan fingerprint density at radius 3 is 2.56 bits per heavy atom. The molecule has 0 aromatic rings. The Labute approximate surface area is 101 Å². The summed E-state index contributed by atoms with van der Waals surface area (Å²) < 4.78 is 4.48. The van der Waals surface area contributed by atoms with E-state index >= 15 is 0 Å². The van der Waals surface area contributed by atoms with E-state index in [1.165, 1.54) is 25.8 Å². The molecule has 0 radical (unpaired) electrons. The van der Waals surface area contributed by atoms with E-state index in [1.807, 2.05) is 13.2 Å². The van der Waals surface area contributed by atoms with Crippen molar-refractivity contribution >= 4 is 17.7 Å². The molecule has 6 heteroatoms. The van der Waals surface area contributed by atoms with E-state index in [0.717, 1.165) is 0 Å². The zero-order chi connectivity index (χ0) is 12.8. The molecule has 96 valence electrons. The molecular weight excluding hydrogens is 230 g/mol. The fourth-order valence-corrected chi connectivity index (χ4v) is 1.87. The second-order valence-corrected chi connectivity index (χ2v) is 4.97. The van der Waals surface area contributed by atoms with Gasteiger partial charge < -0.3 is 20.3 Å². The molecule has 0 heterocycles. The third-order valence-corrected chi connectivity index (χ3v) is 3.60. The highest BCUT2D eigenvalue weighted by Gasteiger charge is 2.32. The van der Waals surface area contributed by atoms with Crippen LogP contribution >= 0.6 is 11.8 Å². The number of rotatable bonds is 7. The van der Waals surface area contributed by atoms with Crippen molar-refractivity contribution in [3.63, 3.8) is 0 Å². The Hall–Kier alpha value is -0.300. The van der Waals surface area contributed by atoms with Crippen molar-refractivity contribution in [2.75, 3.05) is 26.5 Å². The SMILES string of the molecule is COC(=O)C(C)(O)CNC(C)C(CO)SC. The highest BCUT2D eigenvalue weighted by Crippen LogP contribution is 2.11. The third kappa shape index (κ3) is 4.69. The van der Waals surface area contributed by atoms with E-state index < -0.39 is 11.6 Å². The molecule has 0 saturated heterocycles. The van der Waals surface area contributed by atoms with Crippen LogP contribution in [0.5, 0.6) is 0 Å². The lowest BCUT2D eigenvalue weighted by molar-refractivity contribution is -0.160. The number of hydrogen-bond donors (Lipinski definition) is 3. The molecule has 0 aliphatic rings. The van der Waals surface area contributed by atoms with Gasteiger partial charge in [-0.2, -0.15) is 11.8 Å². The van der Waals surface area contributed by atoms with Crippen molar-refractivity contribution in [1.82, 2.24) is 5.32 Å². The summed E-state index contributed by atoms with van der Waals surface area (Å²) in [7, 11) is 1.23. The van der Waals surface area contributed by atoms with Gasteiger partial charge in [-0.15, -0.1) is 0 Å². The van der Waals surface area contributed by atoms with Gasteiger partial charge in [0.1, 0.15) is 0 Å². The highest BCUT2D eigenvalue weighted by atomic mass is 32.2. The maximum Gasteiger partial charge on any atom is 0.338 e. The minimum Gasteiger partial charge on any atom is -0.467 e. The Balaban J connectivity index is 4.18. The number of aliphatic hydroxyl groups is 2. The molecule has 5 nitrogen and oxygen atoms in total. The molecule has 0 aliphatic heterocycles. The normalized spacial score (nSPS) is 18.6. The quantitative estimate of drug-likeness (QED) is 0.535. The first-order valence-corrected chi connectivity index (χ1v) is 6.35. The van der Waals surface area contributed by atoms with Crippen molar-refractivity contribution in [2.24, 2.45) is 0 Å². The number of hydrogen-bond acceptors (Lipinski definition) is 6. The molecule has 3 unspecified atom stereocenters. The zero-order valence-corrected chi connectivity index (χ0v) is 11.0. The van der Waals surface area contributed by atoms with Gasteiger partial charge >= 0.3 is 5.97 Å². The Kier molecular flexibility index (Phi) is 6.98. The summed E-state index contributed by atoms with van der Waals surface area (Å²) in [6.45, 7) is 3.43. The largest absolute Gasteiger partial charge is 0.467 e. The summed E-state index contributed by atoms with van der Waals surface area (Å²) >= 11 is 1.53. The van der Waals surface area contributed by atoms with E-state index in [2.05, 4.69) is 10.1 Å². The number of thioether (sulfide) groups is 1. The molecule has 0 amide bonds. The van der Waals surface area contributed by atoms with Crippen molar-refractivity contribution < 1.29 is 19.7 Å². The van der Waals surface area contributed by atoms with Gasteiger partial charge in [-0.25, -0.2) is 4.79 Å². The van der Waals surface area contributed by atoms with Crippen molar-refractivity contribution in [1.29, 1.82) is 0 Å². The van der Waals surface area contributed by atoms with Crippen LogP contribution in [0.4, 0.5) is 0 Å². The molecule has 0 aliphatic carbocycles. The van der Waals surface area contributed by atoms with Crippen molar-refractivity contribution in [2.45, 2.75) is 30.7 Å². The van der Waals surface area contributed by atoms with Crippen molar-refractivity contribution in [3.8, 4) is 0 Å². The van der Waals surface area contributed by atoms with E-state index in [9.17, 15) is 9.90 Å². The molecule has 3 atom stereocenters. The minimum absolute atomic E-state index is 0.00358. The molecule has 0 bridgehead atoms. The molecule has 0 spiro atoms. The summed E-state index contributed by atoms with van der Waals surface area (Å²) in [5, 5.41) is 21.9. The number of ether oxygens (including phenoxy) is 1.